The highest BCUT2D eigenvalue weighted by atomic mass is 79.9. The van der Waals surface area contributed by atoms with E-state index in [0.717, 1.165) is 23.3 Å². The van der Waals surface area contributed by atoms with Gasteiger partial charge in [0.1, 0.15) is 0 Å². The van der Waals surface area contributed by atoms with Gasteiger partial charge >= 0.3 is 0 Å². The van der Waals surface area contributed by atoms with E-state index in [-0.39, 0.29) is 11.9 Å². The van der Waals surface area contributed by atoms with Gasteiger partial charge in [0.15, 0.2) is 0 Å². The maximum absolute atomic E-state index is 11.9. The summed E-state index contributed by atoms with van der Waals surface area (Å²) in [5.74, 6) is 0.182. The number of likely N-dealkylation sites (N-methyl/N-ethyl adjacent to an activating group) is 1. The average Bonchev–Trinajstić information content (AvgIpc) is 2.68. The zero-order chi connectivity index (χ0) is 13.1. The van der Waals surface area contributed by atoms with Gasteiger partial charge < -0.3 is 10.6 Å². The van der Waals surface area contributed by atoms with Crippen molar-refractivity contribution in [3.8, 4) is 0 Å². The molecule has 1 atom stereocenters. The minimum Gasteiger partial charge on any atom is -0.345 e. The molecule has 0 aromatic carbocycles. The topological polar surface area (TPSA) is 49.6 Å². The van der Waals surface area contributed by atoms with Crippen LogP contribution in [0.4, 0.5) is 0 Å². The van der Waals surface area contributed by atoms with E-state index in [1.807, 2.05) is 13.1 Å². The summed E-state index contributed by atoms with van der Waals surface area (Å²) in [4.78, 5) is 17.1. The minimum atomic E-state index is 0.150. The van der Waals surface area contributed by atoms with Gasteiger partial charge in [-0.25, -0.2) is 0 Å². The van der Waals surface area contributed by atoms with E-state index in [4.69, 9.17) is 5.73 Å². The molecule has 0 spiro atoms. The molecule has 2 N–H and O–H groups in total. The van der Waals surface area contributed by atoms with Crippen LogP contribution in [0.5, 0.6) is 0 Å². The number of halogens is 1. The number of nitrogens with zero attached hydrogens (tertiary/aromatic N) is 2. The zero-order valence-electron chi connectivity index (χ0n) is 10.4. The van der Waals surface area contributed by atoms with Crippen molar-refractivity contribution < 1.29 is 4.79 Å². The van der Waals surface area contributed by atoms with Crippen molar-refractivity contribution in [2.24, 2.45) is 5.73 Å². The van der Waals surface area contributed by atoms with Crippen LogP contribution in [0.25, 0.3) is 0 Å². The van der Waals surface area contributed by atoms with Gasteiger partial charge in [0.05, 0.1) is 16.4 Å². The van der Waals surface area contributed by atoms with Gasteiger partial charge in [-0.1, -0.05) is 0 Å². The van der Waals surface area contributed by atoms with E-state index in [0.29, 0.717) is 13.1 Å². The zero-order valence-corrected chi connectivity index (χ0v) is 12.8. The molecule has 18 heavy (non-hydrogen) atoms. The molecule has 1 amide bonds. The lowest BCUT2D eigenvalue weighted by atomic mass is 10.2. The predicted octanol–water partition coefficient (Wildman–Crippen LogP) is 1.67. The van der Waals surface area contributed by atoms with Crippen molar-refractivity contribution in [1.82, 2.24) is 9.80 Å². The third-order valence-electron chi connectivity index (χ3n) is 3.29. The van der Waals surface area contributed by atoms with Gasteiger partial charge in [0, 0.05) is 31.6 Å². The summed E-state index contributed by atoms with van der Waals surface area (Å²) in [6, 6.07) is 4.27. The van der Waals surface area contributed by atoms with Gasteiger partial charge in [-0.2, -0.15) is 0 Å². The van der Waals surface area contributed by atoms with Crippen molar-refractivity contribution in [3.05, 3.63) is 20.8 Å². The Morgan fingerprint density at radius 3 is 2.89 bits per heavy atom. The number of thiophene rings is 1. The van der Waals surface area contributed by atoms with Crippen molar-refractivity contribution in [1.29, 1.82) is 0 Å². The molecule has 6 heteroatoms. The quantitative estimate of drug-likeness (QED) is 0.916. The van der Waals surface area contributed by atoms with Crippen LogP contribution in [0.1, 0.15) is 17.3 Å². The number of amides is 1. The van der Waals surface area contributed by atoms with Crippen LogP contribution in [-0.4, -0.2) is 48.9 Å². The molecule has 1 aliphatic heterocycles. The molecule has 2 heterocycles. The Kier molecular flexibility index (Phi) is 4.77. The SMILES string of the molecule is CN1CCCN(C(CN)c2ccc(Br)s2)CC1=O. The Morgan fingerprint density at radius 1 is 1.50 bits per heavy atom. The van der Waals surface area contributed by atoms with Crippen LogP contribution in [0.2, 0.25) is 0 Å². The first-order valence-corrected chi connectivity index (χ1v) is 7.66. The first-order chi connectivity index (χ1) is 8.61. The number of hydrogen-bond donors (Lipinski definition) is 1. The van der Waals surface area contributed by atoms with Gasteiger partial charge in [-0.15, -0.1) is 11.3 Å². The molecule has 1 aromatic rings. The Morgan fingerprint density at radius 2 is 2.28 bits per heavy atom. The van der Waals surface area contributed by atoms with Gasteiger partial charge in [-0.05, 0) is 34.5 Å². The first kappa shape index (κ1) is 14.0. The summed E-state index contributed by atoms with van der Waals surface area (Å²) >= 11 is 5.17. The molecule has 1 aliphatic rings. The van der Waals surface area contributed by atoms with Crippen molar-refractivity contribution in [2.75, 3.05) is 33.2 Å². The maximum Gasteiger partial charge on any atom is 0.236 e. The smallest absolute Gasteiger partial charge is 0.236 e. The van der Waals surface area contributed by atoms with E-state index in [9.17, 15) is 4.79 Å². The van der Waals surface area contributed by atoms with E-state index in [1.165, 1.54) is 4.88 Å². The molecule has 0 saturated carbocycles. The Labute approximate surface area is 120 Å². The standard InChI is InChI=1S/C12H18BrN3OS/c1-15-5-2-6-16(8-12(15)17)9(7-14)10-3-4-11(13)18-10/h3-4,9H,2,5-8,14H2,1H3. The number of rotatable bonds is 3. The van der Waals surface area contributed by atoms with E-state index < -0.39 is 0 Å². The summed E-state index contributed by atoms with van der Waals surface area (Å²) < 4.78 is 1.11. The molecule has 0 bridgehead atoms. The van der Waals surface area contributed by atoms with E-state index in [1.54, 1.807) is 16.2 Å². The Balaban J connectivity index is 2.14. The van der Waals surface area contributed by atoms with Crippen LogP contribution in [-0.2, 0) is 4.79 Å². The summed E-state index contributed by atoms with van der Waals surface area (Å²) in [6.07, 6.45) is 1.01. The fourth-order valence-electron chi connectivity index (χ4n) is 2.23. The average molecular weight is 332 g/mol. The van der Waals surface area contributed by atoms with Crippen LogP contribution in [0, 0.1) is 0 Å². The highest BCUT2D eigenvalue weighted by Crippen LogP contribution is 2.30. The van der Waals surface area contributed by atoms with Crippen LogP contribution >= 0.6 is 27.3 Å². The van der Waals surface area contributed by atoms with Crippen molar-refractivity contribution >= 4 is 33.2 Å². The normalized spacial score (nSPS) is 19.9. The lowest BCUT2D eigenvalue weighted by molar-refractivity contribution is -0.130. The second kappa shape index (κ2) is 6.14. The molecule has 1 saturated heterocycles. The van der Waals surface area contributed by atoms with Crippen LogP contribution in [0.3, 0.4) is 0 Å². The summed E-state index contributed by atoms with van der Waals surface area (Å²) in [5, 5.41) is 0. The molecule has 0 radical (unpaired) electrons. The number of carbonyl (C=O) groups excluding carboxylic acids is 1. The molecule has 2 rings (SSSR count). The second-order valence-corrected chi connectivity index (χ2v) is 7.03. The molecule has 1 fully saturated rings. The molecular weight excluding hydrogens is 314 g/mol. The Bertz CT molecular complexity index is 423. The lowest BCUT2D eigenvalue weighted by Gasteiger charge is -2.28. The highest BCUT2D eigenvalue weighted by molar-refractivity contribution is 9.11. The molecule has 1 unspecified atom stereocenters. The van der Waals surface area contributed by atoms with E-state index >= 15 is 0 Å². The molecule has 1 aromatic heterocycles. The molecule has 4 nitrogen and oxygen atoms in total. The molecule has 0 aliphatic carbocycles. The number of hydrogen-bond acceptors (Lipinski definition) is 4. The van der Waals surface area contributed by atoms with Crippen LogP contribution in [0.15, 0.2) is 15.9 Å². The van der Waals surface area contributed by atoms with Gasteiger partial charge in [0.2, 0.25) is 5.91 Å². The molecular formula is C12H18BrN3OS. The van der Waals surface area contributed by atoms with Crippen LogP contribution < -0.4 is 5.73 Å². The monoisotopic (exact) mass is 331 g/mol. The maximum atomic E-state index is 11.9. The predicted molar refractivity (Wildman–Crippen MR) is 77.6 cm³/mol. The highest BCUT2D eigenvalue weighted by Gasteiger charge is 2.26. The first-order valence-electron chi connectivity index (χ1n) is 6.05. The fraction of sp³-hybridized carbons (Fsp3) is 0.583. The minimum absolute atomic E-state index is 0.150. The summed E-state index contributed by atoms with van der Waals surface area (Å²) in [6.45, 7) is 2.77. The second-order valence-electron chi connectivity index (χ2n) is 4.53. The van der Waals surface area contributed by atoms with Gasteiger partial charge in [0.25, 0.3) is 0 Å². The van der Waals surface area contributed by atoms with Crippen molar-refractivity contribution in [3.63, 3.8) is 0 Å². The Hall–Kier alpha value is -0.430. The number of carbonyl (C=O) groups is 1. The third-order valence-corrected chi connectivity index (χ3v) is 5.01. The third kappa shape index (κ3) is 3.12. The van der Waals surface area contributed by atoms with Gasteiger partial charge in [-0.3, -0.25) is 9.69 Å². The number of nitrogens with two attached hydrogens (primary N) is 1. The van der Waals surface area contributed by atoms with E-state index in [2.05, 4.69) is 26.9 Å². The summed E-state index contributed by atoms with van der Waals surface area (Å²) in [7, 11) is 1.87. The fourth-order valence-corrected chi connectivity index (χ4v) is 3.80. The summed E-state index contributed by atoms with van der Waals surface area (Å²) in [5.41, 5.74) is 5.90. The van der Waals surface area contributed by atoms with Crippen molar-refractivity contribution in [2.45, 2.75) is 12.5 Å². The largest absolute Gasteiger partial charge is 0.345 e. The molecule has 100 valence electrons. The lowest BCUT2D eigenvalue weighted by Crippen LogP contribution is -2.39.